The third kappa shape index (κ3) is 1.70. The van der Waals surface area contributed by atoms with Crippen molar-refractivity contribution in [3.63, 3.8) is 0 Å². The second kappa shape index (κ2) is 3.98. The van der Waals surface area contributed by atoms with E-state index in [1.807, 2.05) is 11.2 Å². The smallest absolute Gasteiger partial charge is 0.409 e. The minimum Gasteiger partial charge on any atom is -0.450 e. The van der Waals surface area contributed by atoms with Crippen LogP contribution in [0.15, 0.2) is 0 Å². The Balaban J connectivity index is 1.92. The Bertz CT molecular complexity index is 237. The largest absolute Gasteiger partial charge is 0.450 e. The second-order valence-electron chi connectivity index (χ2n) is 3.88. The molecule has 1 amide bonds. The second-order valence-corrected chi connectivity index (χ2v) is 4.40. The SMILES string of the molecule is CCOC(=O)N1CC2CCN(S)C2C1. The van der Waals surface area contributed by atoms with Crippen LogP contribution in [0.3, 0.4) is 0 Å². The topological polar surface area (TPSA) is 32.8 Å². The predicted molar refractivity (Wildman–Crippen MR) is 56.2 cm³/mol. The first-order valence-electron chi connectivity index (χ1n) is 5.09. The van der Waals surface area contributed by atoms with Crippen molar-refractivity contribution in [2.24, 2.45) is 5.92 Å². The molecule has 0 radical (unpaired) electrons. The Morgan fingerprint density at radius 3 is 3.00 bits per heavy atom. The van der Waals surface area contributed by atoms with Gasteiger partial charge in [0.25, 0.3) is 0 Å². The highest BCUT2D eigenvalue weighted by Gasteiger charge is 2.42. The zero-order chi connectivity index (χ0) is 10.1. The third-order valence-electron chi connectivity index (χ3n) is 3.04. The van der Waals surface area contributed by atoms with Crippen molar-refractivity contribution in [1.82, 2.24) is 9.21 Å². The average molecular weight is 216 g/mol. The molecule has 80 valence electrons. The number of hydrogen-bond acceptors (Lipinski definition) is 4. The van der Waals surface area contributed by atoms with E-state index in [9.17, 15) is 4.79 Å². The van der Waals surface area contributed by atoms with Gasteiger partial charge in [0, 0.05) is 25.7 Å². The van der Waals surface area contributed by atoms with Gasteiger partial charge in [0.15, 0.2) is 0 Å². The number of fused-ring (bicyclic) bond motifs is 1. The number of thiol groups is 1. The fourth-order valence-electron chi connectivity index (χ4n) is 2.30. The molecule has 0 spiro atoms. The van der Waals surface area contributed by atoms with Crippen molar-refractivity contribution in [2.75, 3.05) is 26.2 Å². The summed E-state index contributed by atoms with van der Waals surface area (Å²) in [5.74, 6) is 0.594. The molecule has 5 heteroatoms. The molecule has 0 bridgehead atoms. The highest BCUT2D eigenvalue weighted by molar-refractivity contribution is 7.77. The number of carbonyl (C=O) groups excluding carboxylic acids is 1. The van der Waals surface area contributed by atoms with Crippen molar-refractivity contribution in [3.05, 3.63) is 0 Å². The summed E-state index contributed by atoms with van der Waals surface area (Å²) in [4.78, 5) is 13.2. The molecular formula is C9H16N2O2S. The van der Waals surface area contributed by atoms with Gasteiger partial charge < -0.3 is 9.64 Å². The normalized spacial score (nSPS) is 32.0. The van der Waals surface area contributed by atoms with Crippen LogP contribution in [0.2, 0.25) is 0 Å². The van der Waals surface area contributed by atoms with E-state index in [1.54, 1.807) is 4.90 Å². The summed E-state index contributed by atoms with van der Waals surface area (Å²) >= 11 is 4.38. The molecule has 2 heterocycles. The van der Waals surface area contributed by atoms with Crippen LogP contribution in [-0.4, -0.2) is 47.6 Å². The molecule has 2 saturated heterocycles. The summed E-state index contributed by atoms with van der Waals surface area (Å²) in [6, 6.07) is 0.433. The molecule has 4 nitrogen and oxygen atoms in total. The molecule has 0 N–H and O–H groups in total. The van der Waals surface area contributed by atoms with Crippen LogP contribution in [0.4, 0.5) is 4.79 Å². The lowest BCUT2D eigenvalue weighted by Crippen LogP contribution is -2.33. The van der Waals surface area contributed by atoms with E-state index in [0.717, 1.165) is 26.1 Å². The van der Waals surface area contributed by atoms with Gasteiger partial charge in [-0.3, -0.25) is 0 Å². The van der Waals surface area contributed by atoms with Gasteiger partial charge in [0.2, 0.25) is 0 Å². The van der Waals surface area contributed by atoms with E-state index in [2.05, 4.69) is 12.8 Å². The minimum absolute atomic E-state index is 0.177. The standard InChI is InChI=1S/C9H16N2O2S/c1-2-13-9(12)10-5-7-3-4-11(14)8(7)6-10/h7-8,14H,2-6H2,1H3. The summed E-state index contributed by atoms with van der Waals surface area (Å²) in [6.07, 6.45) is 0.966. The van der Waals surface area contributed by atoms with Gasteiger partial charge >= 0.3 is 6.09 Å². The number of carbonyl (C=O) groups is 1. The third-order valence-corrected chi connectivity index (χ3v) is 3.54. The fraction of sp³-hybridized carbons (Fsp3) is 0.889. The molecule has 2 aliphatic heterocycles. The highest BCUT2D eigenvalue weighted by Crippen LogP contribution is 2.32. The lowest BCUT2D eigenvalue weighted by atomic mass is 10.1. The van der Waals surface area contributed by atoms with E-state index in [1.165, 1.54) is 0 Å². The number of amides is 1. The summed E-state index contributed by atoms with van der Waals surface area (Å²) in [6.45, 7) is 4.93. The van der Waals surface area contributed by atoms with Gasteiger partial charge in [0.05, 0.1) is 6.61 Å². The van der Waals surface area contributed by atoms with Crippen LogP contribution in [0, 0.1) is 5.92 Å². The van der Waals surface area contributed by atoms with Crippen molar-refractivity contribution in [3.8, 4) is 0 Å². The molecule has 0 aromatic rings. The van der Waals surface area contributed by atoms with Gasteiger partial charge in [0.1, 0.15) is 0 Å². The maximum atomic E-state index is 11.4. The minimum atomic E-state index is -0.177. The lowest BCUT2D eigenvalue weighted by molar-refractivity contribution is 0.112. The zero-order valence-electron chi connectivity index (χ0n) is 8.35. The molecule has 2 fully saturated rings. The van der Waals surface area contributed by atoms with E-state index < -0.39 is 0 Å². The van der Waals surface area contributed by atoms with Crippen LogP contribution in [-0.2, 0) is 4.74 Å². The number of ether oxygens (including phenoxy) is 1. The van der Waals surface area contributed by atoms with Crippen LogP contribution in [0.25, 0.3) is 0 Å². The molecule has 2 rings (SSSR count). The van der Waals surface area contributed by atoms with Gasteiger partial charge in [-0.15, -0.1) is 0 Å². The summed E-state index contributed by atoms with van der Waals surface area (Å²) in [7, 11) is 0. The Kier molecular flexibility index (Phi) is 2.88. The average Bonchev–Trinajstić information content (AvgIpc) is 2.69. The molecule has 2 aliphatic rings. The van der Waals surface area contributed by atoms with Crippen LogP contribution in [0.1, 0.15) is 13.3 Å². The summed E-state index contributed by atoms with van der Waals surface area (Å²) in [5, 5.41) is 0. The Morgan fingerprint density at radius 1 is 1.57 bits per heavy atom. The first-order chi connectivity index (χ1) is 6.72. The number of nitrogens with zero attached hydrogens (tertiary/aromatic N) is 2. The zero-order valence-corrected chi connectivity index (χ0v) is 9.24. The number of hydrogen-bond donors (Lipinski definition) is 1. The van der Waals surface area contributed by atoms with Crippen molar-refractivity contribution in [2.45, 2.75) is 19.4 Å². The lowest BCUT2D eigenvalue weighted by Gasteiger charge is -2.19. The van der Waals surface area contributed by atoms with Crippen LogP contribution in [0.5, 0.6) is 0 Å². The van der Waals surface area contributed by atoms with E-state index in [-0.39, 0.29) is 6.09 Å². The van der Waals surface area contributed by atoms with Crippen molar-refractivity contribution in [1.29, 1.82) is 0 Å². The van der Waals surface area contributed by atoms with Crippen molar-refractivity contribution < 1.29 is 9.53 Å². The highest BCUT2D eigenvalue weighted by atomic mass is 32.1. The van der Waals surface area contributed by atoms with E-state index >= 15 is 0 Å². The Hall–Kier alpha value is -0.420. The van der Waals surface area contributed by atoms with Crippen LogP contribution >= 0.6 is 12.8 Å². The van der Waals surface area contributed by atoms with Crippen LogP contribution < -0.4 is 0 Å². The maximum Gasteiger partial charge on any atom is 0.409 e. The van der Waals surface area contributed by atoms with Gasteiger partial charge in [-0.1, -0.05) is 12.8 Å². The van der Waals surface area contributed by atoms with E-state index in [4.69, 9.17) is 4.74 Å². The quantitative estimate of drug-likeness (QED) is 0.664. The monoisotopic (exact) mass is 216 g/mol. The maximum absolute atomic E-state index is 11.4. The molecule has 0 saturated carbocycles. The van der Waals surface area contributed by atoms with Gasteiger partial charge in [-0.25, -0.2) is 9.10 Å². The predicted octanol–water partition coefficient (Wildman–Crippen LogP) is 0.994. The molecule has 14 heavy (non-hydrogen) atoms. The van der Waals surface area contributed by atoms with Gasteiger partial charge in [-0.2, -0.15) is 0 Å². The Morgan fingerprint density at radius 2 is 2.36 bits per heavy atom. The first kappa shape index (κ1) is 10.1. The number of likely N-dealkylation sites (tertiary alicyclic amines) is 1. The molecule has 0 aromatic heterocycles. The molecule has 0 aliphatic carbocycles. The summed E-state index contributed by atoms with van der Waals surface area (Å²) in [5.41, 5.74) is 0. The first-order valence-corrected chi connectivity index (χ1v) is 5.49. The van der Waals surface area contributed by atoms with E-state index in [0.29, 0.717) is 18.6 Å². The van der Waals surface area contributed by atoms with Crippen molar-refractivity contribution >= 4 is 18.9 Å². The number of rotatable bonds is 1. The molecular weight excluding hydrogens is 200 g/mol. The Labute approximate surface area is 89.7 Å². The molecule has 2 unspecified atom stereocenters. The molecule has 0 aromatic carbocycles. The molecule has 2 atom stereocenters. The summed E-state index contributed by atoms with van der Waals surface area (Å²) < 4.78 is 7.02. The fourth-order valence-corrected chi connectivity index (χ4v) is 2.68. The van der Waals surface area contributed by atoms with Gasteiger partial charge in [-0.05, 0) is 19.3 Å².